The average molecular weight is 289 g/mol. The van der Waals surface area contributed by atoms with Gasteiger partial charge in [0.1, 0.15) is 5.54 Å². The minimum absolute atomic E-state index is 0.0795. The number of nitrogens with one attached hydrogen (secondary N) is 1. The van der Waals surface area contributed by atoms with Crippen LogP contribution >= 0.6 is 11.8 Å². The molecule has 0 aromatic carbocycles. The van der Waals surface area contributed by atoms with E-state index in [2.05, 4.69) is 16.4 Å². The van der Waals surface area contributed by atoms with Crippen molar-refractivity contribution >= 4 is 17.7 Å². The molecule has 20 heavy (non-hydrogen) atoms. The molecule has 106 valence electrons. The van der Waals surface area contributed by atoms with Crippen molar-refractivity contribution in [1.29, 1.82) is 5.26 Å². The van der Waals surface area contributed by atoms with E-state index in [1.54, 1.807) is 6.20 Å². The highest BCUT2D eigenvalue weighted by molar-refractivity contribution is 7.99. The Morgan fingerprint density at radius 2 is 2.10 bits per heavy atom. The largest absolute Gasteiger partial charge is 0.337 e. The van der Waals surface area contributed by atoms with Crippen molar-refractivity contribution in [1.82, 2.24) is 10.3 Å². The van der Waals surface area contributed by atoms with Gasteiger partial charge in [0.25, 0.3) is 0 Å². The third-order valence-electron chi connectivity index (χ3n) is 3.54. The SMILES string of the molecule is N#CC1(NC(=O)CSc2ccccn2)CCCCCC1. The number of amides is 1. The first-order valence-corrected chi connectivity index (χ1v) is 7.99. The van der Waals surface area contributed by atoms with E-state index in [0.29, 0.717) is 5.75 Å². The van der Waals surface area contributed by atoms with Gasteiger partial charge in [0, 0.05) is 6.20 Å². The van der Waals surface area contributed by atoms with Gasteiger partial charge in [0.15, 0.2) is 0 Å². The van der Waals surface area contributed by atoms with E-state index in [4.69, 9.17) is 0 Å². The second kappa shape index (κ2) is 7.30. The summed E-state index contributed by atoms with van der Waals surface area (Å²) in [5.74, 6) is 0.226. The minimum atomic E-state index is -0.655. The van der Waals surface area contributed by atoms with Crippen LogP contribution in [-0.2, 0) is 4.79 Å². The molecule has 4 nitrogen and oxygen atoms in total. The maximum Gasteiger partial charge on any atom is 0.231 e. The molecule has 1 N–H and O–H groups in total. The summed E-state index contributed by atoms with van der Waals surface area (Å²) in [7, 11) is 0. The van der Waals surface area contributed by atoms with E-state index in [-0.39, 0.29) is 5.91 Å². The number of thioether (sulfide) groups is 1. The summed E-state index contributed by atoms with van der Waals surface area (Å²) in [6, 6.07) is 7.95. The fourth-order valence-electron chi connectivity index (χ4n) is 2.47. The minimum Gasteiger partial charge on any atom is -0.337 e. The number of hydrogen-bond acceptors (Lipinski definition) is 4. The molecule has 1 aromatic heterocycles. The summed E-state index contributed by atoms with van der Waals surface area (Å²) >= 11 is 1.40. The molecule has 0 saturated heterocycles. The van der Waals surface area contributed by atoms with Gasteiger partial charge in [-0.3, -0.25) is 4.79 Å². The monoisotopic (exact) mass is 289 g/mol. The summed E-state index contributed by atoms with van der Waals surface area (Å²) < 4.78 is 0. The summed E-state index contributed by atoms with van der Waals surface area (Å²) in [4.78, 5) is 16.2. The molecule has 1 aliphatic rings. The van der Waals surface area contributed by atoms with Gasteiger partial charge >= 0.3 is 0 Å². The Bertz CT molecular complexity index is 476. The summed E-state index contributed by atoms with van der Waals surface area (Å²) in [5, 5.41) is 13.2. The van der Waals surface area contributed by atoms with Crippen LogP contribution in [0.2, 0.25) is 0 Å². The molecule has 1 aromatic rings. The van der Waals surface area contributed by atoms with Crippen LogP contribution in [0.1, 0.15) is 38.5 Å². The van der Waals surface area contributed by atoms with E-state index < -0.39 is 5.54 Å². The molecule has 1 heterocycles. The molecule has 0 bridgehead atoms. The summed E-state index contributed by atoms with van der Waals surface area (Å²) in [6.07, 6.45) is 7.59. The van der Waals surface area contributed by atoms with Crippen molar-refractivity contribution in [3.05, 3.63) is 24.4 Å². The van der Waals surface area contributed by atoms with Crippen LogP contribution in [0.4, 0.5) is 0 Å². The first-order chi connectivity index (χ1) is 9.74. The Labute approximate surface area is 124 Å². The topological polar surface area (TPSA) is 65.8 Å². The van der Waals surface area contributed by atoms with Gasteiger partial charge in [0.05, 0.1) is 16.8 Å². The van der Waals surface area contributed by atoms with Crippen LogP contribution in [0, 0.1) is 11.3 Å². The standard InChI is InChI=1S/C15H19N3OS/c16-12-15(8-4-1-2-5-9-15)18-13(19)11-20-14-7-3-6-10-17-14/h3,6-7,10H,1-2,4-5,8-9,11H2,(H,18,19). The lowest BCUT2D eigenvalue weighted by Gasteiger charge is -2.26. The van der Waals surface area contributed by atoms with Gasteiger partial charge in [-0.05, 0) is 25.0 Å². The molecule has 1 fully saturated rings. The Kier molecular flexibility index (Phi) is 5.42. The average Bonchev–Trinajstić information content (AvgIpc) is 2.72. The number of aromatic nitrogens is 1. The molecule has 1 saturated carbocycles. The van der Waals surface area contributed by atoms with Crippen LogP contribution in [0.5, 0.6) is 0 Å². The zero-order valence-corrected chi connectivity index (χ0v) is 12.3. The fourth-order valence-corrected chi connectivity index (χ4v) is 3.13. The van der Waals surface area contributed by atoms with E-state index in [1.807, 2.05) is 18.2 Å². The van der Waals surface area contributed by atoms with Gasteiger partial charge < -0.3 is 5.32 Å². The zero-order chi connectivity index (χ0) is 14.3. The molecular formula is C15H19N3OS. The molecule has 0 unspecified atom stereocenters. The van der Waals surface area contributed by atoms with Gasteiger partial charge in [-0.2, -0.15) is 5.26 Å². The number of hydrogen-bond donors (Lipinski definition) is 1. The first-order valence-electron chi connectivity index (χ1n) is 7.00. The number of nitriles is 1. The van der Waals surface area contributed by atoms with Crippen LogP contribution in [0.3, 0.4) is 0 Å². The predicted molar refractivity (Wildman–Crippen MR) is 79.1 cm³/mol. The lowest BCUT2D eigenvalue weighted by Crippen LogP contribution is -2.47. The van der Waals surface area contributed by atoms with Crippen molar-refractivity contribution < 1.29 is 4.79 Å². The Balaban J connectivity index is 1.87. The number of carbonyl (C=O) groups excluding carboxylic acids is 1. The maximum absolute atomic E-state index is 12.1. The lowest BCUT2D eigenvalue weighted by molar-refractivity contribution is -0.120. The van der Waals surface area contributed by atoms with Crippen molar-refractivity contribution in [2.75, 3.05) is 5.75 Å². The van der Waals surface area contributed by atoms with Gasteiger partial charge in [-0.1, -0.05) is 43.5 Å². The molecule has 5 heteroatoms. The van der Waals surface area contributed by atoms with E-state index in [9.17, 15) is 10.1 Å². The quantitative estimate of drug-likeness (QED) is 0.683. The van der Waals surface area contributed by atoms with Gasteiger partial charge in [-0.15, -0.1) is 0 Å². The molecule has 0 atom stereocenters. The van der Waals surface area contributed by atoms with E-state index in [0.717, 1.165) is 43.6 Å². The predicted octanol–water partition coefficient (Wildman–Crippen LogP) is 2.91. The Morgan fingerprint density at radius 3 is 2.70 bits per heavy atom. The molecule has 0 radical (unpaired) electrons. The highest BCUT2D eigenvalue weighted by atomic mass is 32.2. The molecule has 0 aliphatic heterocycles. The zero-order valence-electron chi connectivity index (χ0n) is 11.5. The molecule has 1 aliphatic carbocycles. The third-order valence-corrected chi connectivity index (χ3v) is 4.48. The Morgan fingerprint density at radius 1 is 1.35 bits per heavy atom. The summed E-state index contributed by atoms with van der Waals surface area (Å²) in [5.41, 5.74) is -0.655. The lowest BCUT2D eigenvalue weighted by atomic mass is 9.92. The van der Waals surface area contributed by atoms with Crippen molar-refractivity contribution in [3.8, 4) is 6.07 Å². The number of pyridine rings is 1. The normalized spacial score (nSPS) is 17.8. The second-order valence-electron chi connectivity index (χ2n) is 5.11. The molecular weight excluding hydrogens is 270 g/mol. The maximum atomic E-state index is 12.1. The van der Waals surface area contributed by atoms with Crippen molar-refractivity contribution in [2.24, 2.45) is 0 Å². The highest BCUT2D eigenvalue weighted by Gasteiger charge is 2.32. The van der Waals surface area contributed by atoms with Crippen molar-refractivity contribution in [2.45, 2.75) is 49.1 Å². The number of nitrogens with zero attached hydrogens (tertiary/aromatic N) is 2. The van der Waals surface area contributed by atoms with Gasteiger partial charge in [0.2, 0.25) is 5.91 Å². The summed E-state index contributed by atoms with van der Waals surface area (Å²) in [6.45, 7) is 0. The molecule has 0 spiro atoms. The molecule has 2 rings (SSSR count). The second-order valence-corrected chi connectivity index (χ2v) is 6.11. The number of carbonyl (C=O) groups is 1. The van der Waals surface area contributed by atoms with Crippen LogP contribution < -0.4 is 5.32 Å². The molecule has 1 amide bonds. The van der Waals surface area contributed by atoms with Gasteiger partial charge in [-0.25, -0.2) is 4.98 Å². The third kappa shape index (κ3) is 4.24. The van der Waals surface area contributed by atoms with Crippen LogP contribution in [0.15, 0.2) is 29.4 Å². The van der Waals surface area contributed by atoms with Crippen molar-refractivity contribution in [3.63, 3.8) is 0 Å². The van der Waals surface area contributed by atoms with E-state index >= 15 is 0 Å². The highest BCUT2D eigenvalue weighted by Crippen LogP contribution is 2.26. The van der Waals surface area contributed by atoms with Crippen LogP contribution in [-0.4, -0.2) is 22.2 Å². The van der Waals surface area contributed by atoms with Crippen LogP contribution in [0.25, 0.3) is 0 Å². The Hall–Kier alpha value is -1.54. The smallest absolute Gasteiger partial charge is 0.231 e. The number of rotatable bonds is 4. The fraction of sp³-hybridized carbons (Fsp3) is 0.533. The van der Waals surface area contributed by atoms with E-state index in [1.165, 1.54) is 11.8 Å². The first kappa shape index (κ1) is 14.9.